The molecule has 182 valence electrons. The fourth-order valence-electron chi connectivity index (χ4n) is 3.18. The molecule has 0 aliphatic carbocycles. The quantitative estimate of drug-likeness (QED) is 0.286. The van der Waals surface area contributed by atoms with Crippen LogP contribution in [-0.2, 0) is 27.7 Å². The lowest BCUT2D eigenvalue weighted by Gasteiger charge is -2.24. The summed E-state index contributed by atoms with van der Waals surface area (Å²) >= 11 is 0. The first-order valence-electron chi connectivity index (χ1n) is 11.4. The predicted octanol–water partition coefficient (Wildman–Crippen LogP) is -0.225. The SMILES string of the molecule is Cc1ccc([SiH2]OC(=O)C(C)(C(=O)O[SiH2]c2ccc(C)cc2)C(=O)O[SiH2]c2ccc(C)cc2)cc1. The van der Waals surface area contributed by atoms with Gasteiger partial charge >= 0.3 is 17.9 Å². The molecule has 35 heavy (non-hydrogen) atoms. The molecule has 3 aromatic carbocycles. The molecule has 0 atom stereocenters. The molecule has 0 amide bonds. The third kappa shape index (κ3) is 7.11. The Morgan fingerprint density at radius 3 is 0.971 bits per heavy atom. The van der Waals surface area contributed by atoms with Gasteiger partial charge in [0.05, 0.1) is 0 Å². The summed E-state index contributed by atoms with van der Waals surface area (Å²) in [7, 11) is -4.50. The van der Waals surface area contributed by atoms with E-state index in [2.05, 4.69) is 0 Å². The van der Waals surface area contributed by atoms with Crippen LogP contribution in [0.5, 0.6) is 0 Å². The van der Waals surface area contributed by atoms with Crippen molar-refractivity contribution in [2.75, 3.05) is 0 Å². The monoisotopic (exact) mass is 522 g/mol. The largest absolute Gasteiger partial charge is 0.519 e. The van der Waals surface area contributed by atoms with E-state index < -0.39 is 52.6 Å². The minimum atomic E-state index is -2.17. The van der Waals surface area contributed by atoms with Crippen LogP contribution in [0.1, 0.15) is 23.6 Å². The molecule has 0 radical (unpaired) electrons. The number of carbonyl (C=O) groups excluding carboxylic acids is 3. The molecular formula is C26H30O6Si3. The number of hydrogen-bond donors (Lipinski definition) is 0. The summed E-state index contributed by atoms with van der Waals surface area (Å²) in [5.74, 6) is -2.76. The summed E-state index contributed by atoms with van der Waals surface area (Å²) in [4.78, 5) is 39.4. The zero-order valence-corrected chi connectivity index (χ0v) is 24.7. The number of carbonyl (C=O) groups is 3. The van der Waals surface area contributed by atoms with E-state index in [-0.39, 0.29) is 0 Å². The lowest BCUT2D eigenvalue weighted by atomic mass is 9.91. The second kappa shape index (κ2) is 11.9. The predicted molar refractivity (Wildman–Crippen MR) is 144 cm³/mol. The molecule has 0 unspecified atom stereocenters. The van der Waals surface area contributed by atoms with Gasteiger partial charge in [0.2, 0.25) is 0 Å². The first-order chi connectivity index (χ1) is 16.7. The highest BCUT2D eigenvalue weighted by molar-refractivity contribution is 6.52. The van der Waals surface area contributed by atoms with Crippen LogP contribution in [0, 0.1) is 26.2 Å². The Labute approximate surface area is 212 Å². The summed E-state index contributed by atoms with van der Waals surface area (Å²) in [5.41, 5.74) is 1.10. The van der Waals surface area contributed by atoms with Gasteiger partial charge in [-0.05, 0) is 43.3 Å². The fraction of sp³-hybridized carbons (Fsp3) is 0.192. The highest BCUT2D eigenvalue weighted by Crippen LogP contribution is 2.23. The molecule has 3 aromatic rings. The van der Waals surface area contributed by atoms with Gasteiger partial charge in [-0.15, -0.1) is 0 Å². The Balaban J connectivity index is 1.74. The van der Waals surface area contributed by atoms with E-state index >= 15 is 0 Å². The Morgan fingerprint density at radius 1 is 0.514 bits per heavy atom. The standard InChI is InChI=1S/C26H30O6Si3/c1-17-5-11-20(12-6-17)33-30-23(27)26(4,24(28)31-34-21-13-7-18(2)8-14-21)25(29)32-35-22-15-9-19(3)10-16-22/h5-16H,33-35H2,1-4H3. The van der Waals surface area contributed by atoms with Crippen LogP contribution in [0.15, 0.2) is 72.8 Å². The molecule has 6 nitrogen and oxygen atoms in total. The van der Waals surface area contributed by atoms with E-state index in [1.807, 2.05) is 93.6 Å². The molecule has 0 heterocycles. The summed E-state index contributed by atoms with van der Waals surface area (Å²) in [6.07, 6.45) is 0. The van der Waals surface area contributed by atoms with Gasteiger partial charge in [-0.1, -0.05) is 89.5 Å². The number of benzene rings is 3. The molecule has 9 heteroatoms. The minimum Gasteiger partial charge on any atom is -0.519 e. The molecule has 0 aliphatic rings. The van der Waals surface area contributed by atoms with Crippen LogP contribution in [0.4, 0.5) is 0 Å². The average Bonchev–Trinajstić information content (AvgIpc) is 2.86. The minimum absolute atomic E-state index is 0.885. The van der Waals surface area contributed by atoms with Crippen molar-refractivity contribution in [2.24, 2.45) is 5.41 Å². The lowest BCUT2D eigenvalue weighted by molar-refractivity contribution is -0.170. The van der Waals surface area contributed by atoms with Gasteiger partial charge in [0, 0.05) is 0 Å². The van der Waals surface area contributed by atoms with Crippen molar-refractivity contribution in [1.29, 1.82) is 0 Å². The van der Waals surface area contributed by atoms with Crippen molar-refractivity contribution in [3.63, 3.8) is 0 Å². The van der Waals surface area contributed by atoms with Crippen molar-refractivity contribution < 1.29 is 27.7 Å². The normalized spacial score (nSPS) is 13.4. The second-order valence-corrected chi connectivity index (χ2v) is 13.0. The Hall–Kier alpha value is -3.28. The zero-order valence-electron chi connectivity index (χ0n) is 20.5. The van der Waals surface area contributed by atoms with Gasteiger partial charge in [-0.2, -0.15) is 0 Å². The first-order valence-corrected chi connectivity index (χ1v) is 15.2. The van der Waals surface area contributed by atoms with Crippen LogP contribution in [0.2, 0.25) is 0 Å². The molecule has 3 rings (SSSR count). The Kier molecular flexibility index (Phi) is 8.96. The van der Waals surface area contributed by atoms with Crippen molar-refractivity contribution in [1.82, 2.24) is 0 Å². The van der Waals surface area contributed by atoms with Gasteiger partial charge in [0.1, 0.15) is 0 Å². The maximum absolute atomic E-state index is 13.1. The topological polar surface area (TPSA) is 78.9 Å². The second-order valence-electron chi connectivity index (χ2n) is 8.81. The van der Waals surface area contributed by atoms with Crippen LogP contribution in [0.25, 0.3) is 0 Å². The number of hydrogen-bond acceptors (Lipinski definition) is 6. The van der Waals surface area contributed by atoms with Gasteiger partial charge in [-0.3, -0.25) is 14.4 Å². The van der Waals surface area contributed by atoms with Crippen molar-refractivity contribution in [2.45, 2.75) is 27.7 Å². The summed E-state index contributed by atoms with van der Waals surface area (Å²) in [6, 6.07) is 22.9. The molecule has 0 saturated carbocycles. The molecule has 0 spiro atoms. The van der Waals surface area contributed by atoms with Crippen LogP contribution < -0.4 is 15.6 Å². The third-order valence-corrected chi connectivity index (χ3v) is 9.33. The van der Waals surface area contributed by atoms with Crippen molar-refractivity contribution in [3.8, 4) is 0 Å². The van der Waals surface area contributed by atoms with E-state index in [0.717, 1.165) is 32.3 Å². The fourth-order valence-corrected chi connectivity index (χ4v) is 6.23. The van der Waals surface area contributed by atoms with Crippen molar-refractivity contribution in [3.05, 3.63) is 89.5 Å². The maximum atomic E-state index is 13.1. The molecule has 0 aromatic heterocycles. The molecule has 0 aliphatic heterocycles. The first kappa shape index (κ1) is 26.3. The third-order valence-electron chi connectivity index (χ3n) is 5.70. The van der Waals surface area contributed by atoms with Crippen LogP contribution >= 0.6 is 0 Å². The molecular weight excluding hydrogens is 493 g/mol. The van der Waals surface area contributed by atoms with Crippen LogP contribution in [-0.4, -0.2) is 47.2 Å². The van der Waals surface area contributed by atoms with E-state index in [4.69, 9.17) is 13.3 Å². The Morgan fingerprint density at radius 2 is 0.743 bits per heavy atom. The van der Waals surface area contributed by atoms with Crippen LogP contribution in [0.3, 0.4) is 0 Å². The summed E-state index contributed by atoms with van der Waals surface area (Å²) in [5, 5.41) is 2.66. The smallest absolute Gasteiger partial charge is 0.321 e. The molecule has 0 N–H and O–H groups in total. The van der Waals surface area contributed by atoms with Gasteiger partial charge in [-0.25, -0.2) is 0 Å². The Bertz CT molecular complexity index is 1030. The van der Waals surface area contributed by atoms with Gasteiger partial charge in [0.15, 0.2) is 0 Å². The highest BCUT2D eigenvalue weighted by Gasteiger charge is 2.52. The van der Waals surface area contributed by atoms with Crippen molar-refractivity contribution >= 4 is 62.8 Å². The van der Waals surface area contributed by atoms with E-state index in [9.17, 15) is 14.4 Å². The zero-order chi connectivity index (χ0) is 25.4. The maximum Gasteiger partial charge on any atom is 0.321 e. The summed E-state index contributed by atoms with van der Waals surface area (Å²) in [6.45, 7) is 7.15. The molecule has 0 bridgehead atoms. The summed E-state index contributed by atoms with van der Waals surface area (Å²) < 4.78 is 16.6. The molecule has 0 fully saturated rings. The van der Waals surface area contributed by atoms with E-state index in [1.54, 1.807) is 0 Å². The van der Waals surface area contributed by atoms with E-state index in [0.29, 0.717) is 0 Å². The lowest BCUT2D eigenvalue weighted by Crippen LogP contribution is -2.49. The number of aryl methyl sites for hydroxylation is 3. The van der Waals surface area contributed by atoms with Gasteiger partial charge < -0.3 is 13.3 Å². The molecule has 0 saturated heterocycles. The highest BCUT2D eigenvalue weighted by atomic mass is 28.2. The van der Waals surface area contributed by atoms with Gasteiger partial charge in [0.25, 0.3) is 34.7 Å². The number of rotatable bonds is 9. The van der Waals surface area contributed by atoms with E-state index in [1.165, 1.54) is 6.92 Å². The average molecular weight is 523 g/mol.